The third kappa shape index (κ3) is 4.67. The second-order valence-corrected chi connectivity index (χ2v) is 8.19. The van der Waals surface area contributed by atoms with Crippen molar-refractivity contribution in [3.63, 3.8) is 0 Å². The van der Waals surface area contributed by atoms with Gasteiger partial charge >= 0.3 is 6.18 Å². The van der Waals surface area contributed by atoms with Gasteiger partial charge in [-0.3, -0.25) is 4.79 Å². The lowest BCUT2D eigenvalue weighted by molar-refractivity contribution is -0.153. The molecule has 1 heterocycles. The van der Waals surface area contributed by atoms with Gasteiger partial charge in [-0.25, -0.2) is 4.98 Å². The highest BCUT2D eigenvalue weighted by Gasteiger charge is 2.47. The number of hydrogen-bond donors (Lipinski definition) is 1. The molecule has 0 spiro atoms. The maximum Gasteiger partial charge on any atom is 0.422 e. The zero-order valence-electron chi connectivity index (χ0n) is 15.7. The van der Waals surface area contributed by atoms with Gasteiger partial charge in [-0.2, -0.15) is 13.2 Å². The van der Waals surface area contributed by atoms with E-state index >= 15 is 0 Å². The number of fused-ring (bicyclic) bond motifs is 2. The van der Waals surface area contributed by atoms with Crippen molar-refractivity contribution in [2.45, 2.75) is 57.5 Å². The zero-order chi connectivity index (χ0) is 19.7. The van der Waals surface area contributed by atoms with Gasteiger partial charge in [0.25, 0.3) is 5.56 Å². The van der Waals surface area contributed by atoms with E-state index in [2.05, 4.69) is 9.97 Å². The SMILES string of the molecule is O=c1[nH]c2cc(OCC(F)(F)F)ccc2nc1CCCCCC1CCC2CC12. The molecule has 0 saturated heterocycles. The average molecular weight is 394 g/mol. The summed E-state index contributed by atoms with van der Waals surface area (Å²) in [5, 5.41) is 0. The summed E-state index contributed by atoms with van der Waals surface area (Å²) < 4.78 is 41.5. The Balaban J connectivity index is 1.30. The van der Waals surface area contributed by atoms with Crippen molar-refractivity contribution >= 4 is 11.0 Å². The van der Waals surface area contributed by atoms with Crippen molar-refractivity contribution in [2.24, 2.45) is 17.8 Å². The van der Waals surface area contributed by atoms with Crippen molar-refractivity contribution in [3.05, 3.63) is 34.2 Å². The van der Waals surface area contributed by atoms with E-state index in [9.17, 15) is 18.0 Å². The number of H-pyrrole nitrogens is 1. The number of aromatic nitrogens is 2. The van der Waals surface area contributed by atoms with Crippen LogP contribution in [0.25, 0.3) is 11.0 Å². The summed E-state index contributed by atoms with van der Waals surface area (Å²) in [6.07, 6.45) is 5.03. The third-order valence-corrected chi connectivity index (χ3v) is 6.12. The first-order valence-electron chi connectivity index (χ1n) is 10.1. The summed E-state index contributed by atoms with van der Waals surface area (Å²) in [4.78, 5) is 19.4. The van der Waals surface area contributed by atoms with E-state index in [1.165, 1.54) is 44.2 Å². The van der Waals surface area contributed by atoms with Crippen LogP contribution >= 0.6 is 0 Å². The molecule has 0 bridgehead atoms. The molecule has 0 amide bonds. The minimum Gasteiger partial charge on any atom is -0.484 e. The molecule has 2 saturated carbocycles. The number of benzene rings is 1. The smallest absolute Gasteiger partial charge is 0.422 e. The van der Waals surface area contributed by atoms with E-state index in [0.29, 0.717) is 23.1 Å². The highest BCUT2D eigenvalue weighted by molar-refractivity contribution is 5.75. The number of halogens is 3. The number of nitrogens with zero attached hydrogens (tertiary/aromatic N) is 1. The van der Waals surface area contributed by atoms with Gasteiger partial charge in [0, 0.05) is 6.07 Å². The zero-order valence-corrected chi connectivity index (χ0v) is 15.7. The fourth-order valence-electron chi connectivity index (χ4n) is 4.58. The molecular weight excluding hydrogens is 369 g/mol. The fourth-order valence-corrected chi connectivity index (χ4v) is 4.58. The van der Waals surface area contributed by atoms with E-state index in [4.69, 9.17) is 4.74 Å². The Bertz CT molecular complexity index is 893. The summed E-state index contributed by atoms with van der Waals surface area (Å²) in [5.41, 5.74) is 1.14. The van der Waals surface area contributed by atoms with Crippen LogP contribution in [0.4, 0.5) is 13.2 Å². The van der Waals surface area contributed by atoms with Crippen molar-refractivity contribution in [3.8, 4) is 5.75 Å². The predicted molar refractivity (Wildman–Crippen MR) is 100 cm³/mol. The Morgan fingerprint density at radius 1 is 1.18 bits per heavy atom. The van der Waals surface area contributed by atoms with Gasteiger partial charge in [-0.1, -0.05) is 19.3 Å². The molecule has 1 aromatic carbocycles. The summed E-state index contributed by atoms with van der Waals surface area (Å²) in [5.74, 6) is 3.03. The summed E-state index contributed by atoms with van der Waals surface area (Å²) in [6.45, 7) is -1.36. The first-order valence-corrected chi connectivity index (χ1v) is 10.1. The Morgan fingerprint density at radius 2 is 2.04 bits per heavy atom. The second-order valence-electron chi connectivity index (χ2n) is 8.19. The Hall–Kier alpha value is -2.05. The maximum absolute atomic E-state index is 12.3. The van der Waals surface area contributed by atoms with Crippen LogP contribution in [0.1, 0.15) is 50.6 Å². The number of alkyl halides is 3. The van der Waals surface area contributed by atoms with E-state index < -0.39 is 12.8 Å². The van der Waals surface area contributed by atoms with Crippen LogP contribution in [0.2, 0.25) is 0 Å². The number of unbranched alkanes of at least 4 members (excludes halogenated alkanes) is 2. The van der Waals surface area contributed by atoms with Crippen LogP contribution in [-0.4, -0.2) is 22.8 Å². The standard InChI is InChI=1S/C21H25F3N2O2/c22-21(23,24)12-28-15-8-9-17-19(11-15)26-20(27)18(25-17)5-3-1-2-4-13-6-7-14-10-16(13)14/h8-9,11,13-14,16H,1-7,10,12H2,(H,26,27). The lowest BCUT2D eigenvalue weighted by atomic mass is 9.96. The molecule has 7 heteroatoms. The van der Waals surface area contributed by atoms with Crippen molar-refractivity contribution < 1.29 is 17.9 Å². The number of aromatic amines is 1. The van der Waals surface area contributed by atoms with Crippen LogP contribution in [0, 0.1) is 17.8 Å². The number of hydrogen-bond acceptors (Lipinski definition) is 3. The van der Waals surface area contributed by atoms with Crippen molar-refractivity contribution in [1.29, 1.82) is 0 Å². The van der Waals surface area contributed by atoms with Gasteiger partial charge in [0.15, 0.2) is 6.61 Å². The highest BCUT2D eigenvalue weighted by Crippen LogP contribution is 2.56. The molecule has 0 aliphatic heterocycles. The minimum atomic E-state index is -4.40. The van der Waals surface area contributed by atoms with E-state index in [1.54, 1.807) is 6.07 Å². The van der Waals surface area contributed by atoms with E-state index in [0.717, 1.165) is 30.6 Å². The monoisotopic (exact) mass is 394 g/mol. The summed E-state index contributed by atoms with van der Waals surface area (Å²) in [7, 11) is 0. The number of rotatable bonds is 8. The normalized spacial score (nSPS) is 23.8. The molecule has 0 radical (unpaired) electrons. The topological polar surface area (TPSA) is 55.0 Å². The van der Waals surface area contributed by atoms with Gasteiger partial charge in [0.2, 0.25) is 0 Å². The highest BCUT2D eigenvalue weighted by atomic mass is 19.4. The van der Waals surface area contributed by atoms with E-state index in [-0.39, 0.29) is 11.3 Å². The average Bonchev–Trinajstić information content (AvgIpc) is 3.32. The Kier molecular flexibility index (Phi) is 5.34. The predicted octanol–water partition coefficient (Wildman–Crippen LogP) is 5.01. The maximum atomic E-state index is 12.3. The molecule has 2 fully saturated rings. The molecule has 3 unspecified atom stereocenters. The molecule has 2 aliphatic rings. The number of ether oxygens (including phenoxy) is 1. The third-order valence-electron chi connectivity index (χ3n) is 6.12. The molecule has 3 atom stereocenters. The van der Waals surface area contributed by atoms with Gasteiger partial charge in [-0.05, 0) is 62.0 Å². The van der Waals surface area contributed by atoms with Crippen LogP contribution in [0.15, 0.2) is 23.0 Å². The largest absolute Gasteiger partial charge is 0.484 e. The number of nitrogens with one attached hydrogen (secondary N) is 1. The minimum absolute atomic E-state index is 0.0554. The quantitative estimate of drug-likeness (QED) is 0.640. The molecular formula is C21H25F3N2O2. The molecule has 1 N–H and O–H groups in total. The summed E-state index contributed by atoms with van der Waals surface area (Å²) in [6, 6.07) is 4.40. The Morgan fingerprint density at radius 3 is 2.75 bits per heavy atom. The van der Waals surface area contributed by atoms with Crippen LogP contribution < -0.4 is 10.3 Å². The molecule has 4 nitrogen and oxygen atoms in total. The van der Waals surface area contributed by atoms with Crippen LogP contribution in [0.5, 0.6) is 5.75 Å². The first-order chi connectivity index (χ1) is 13.4. The second kappa shape index (κ2) is 7.76. The first kappa shape index (κ1) is 19.3. The lowest BCUT2D eigenvalue weighted by Gasteiger charge is -2.11. The van der Waals surface area contributed by atoms with Crippen molar-refractivity contribution in [2.75, 3.05) is 6.61 Å². The van der Waals surface area contributed by atoms with Gasteiger partial charge in [0.1, 0.15) is 11.4 Å². The fraction of sp³-hybridized carbons (Fsp3) is 0.619. The van der Waals surface area contributed by atoms with Gasteiger partial charge < -0.3 is 9.72 Å². The van der Waals surface area contributed by atoms with Crippen LogP contribution in [-0.2, 0) is 6.42 Å². The summed E-state index contributed by atoms with van der Waals surface area (Å²) >= 11 is 0. The number of aryl methyl sites for hydroxylation is 1. The van der Waals surface area contributed by atoms with Crippen LogP contribution in [0.3, 0.4) is 0 Å². The van der Waals surface area contributed by atoms with Gasteiger partial charge in [-0.15, -0.1) is 0 Å². The van der Waals surface area contributed by atoms with Gasteiger partial charge in [0.05, 0.1) is 11.0 Å². The molecule has 4 rings (SSSR count). The molecule has 1 aromatic heterocycles. The lowest BCUT2D eigenvalue weighted by Crippen LogP contribution is -2.19. The van der Waals surface area contributed by atoms with Crippen molar-refractivity contribution in [1.82, 2.24) is 9.97 Å². The Labute approximate surface area is 161 Å². The van der Waals surface area contributed by atoms with E-state index in [1.807, 2.05) is 0 Å². The molecule has 28 heavy (non-hydrogen) atoms. The molecule has 152 valence electrons. The molecule has 2 aromatic rings. The molecule has 2 aliphatic carbocycles.